The molecule has 1 aliphatic carbocycles. The van der Waals surface area contributed by atoms with Crippen LogP contribution in [0, 0.1) is 0 Å². The maximum Gasteiger partial charge on any atom is 0.204 e. The van der Waals surface area contributed by atoms with Crippen molar-refractivity contribution in [3.8, 4) is 17.2 Å². The van der Waals surface area contributed by atoms with Crippen molar-refractivity contribution in [3.05, 3.63) is 17.9 Å². The zero-order valence-electron chi connectivity index (χ0n) is 12.0. The second kappa shape index (κ2) is 5.25. The van der Waals surface area contributed by atoms with Gasteiger partial charge < -0.3 is 23.9 Å². The molecule has 2 aromatic rings. The van der Waals surface area contributed by atoms with Gasteiger partial charge in [0.2, 0.25) is 5.75 Å². The lowest BCUT2D eigenvalue weighted by Crippen LogP contribution is -2.14. The molecule has 5 heteroatoms. The third kappa shape index (κ3) is 2.29. The molecule has 0 amide bonds. The highest BCUT2D eigenvalue weighted by atomic mass is 16.5. The number of methoxy groups -OCH3 is 3. The number of hydrogen-bond donors (Lipinski definition) is 1. The van der Waals surface area contributed by atoms with Crippen LogP contribution in [0.5, 0.6) is 17.2 Å². The minimum absolute atomic E-state index is 0.588. The molecule has 3 rings (SSSR count). The number of nitrogens with one attached hydrogen (secondary N) is 1. The molecular weight excluding hydrogens is 258 g/mol. The van der Waals surface area contributed by atoms with E-state index in [1.807, 2.05) is 12.1 Å². The molecule has 5 nitrogen and oxygen atoms in total. The van der Waals surface area contributed by atoms with Crippen LogP contribution in [0.2, 0.25) is 0 Å². The van der Waals surface area contributed by atoms with E-state index in [0.717, 1.165) is 23.3 Å². The molecule has 1 fully saturated rings. The molecule has 1 aliphatic rings. The Bertz CT molecular complexity index is 616. The lowest BCUT2D eigenvalue weighted by molar-refractivity contribution is 0.326. The average molecular weight is 277 g/mol. The molecule has 20 heavy (non-hydrogen) atoms. The number of benzene rings is 1. The lowest BCUT2D eigenvalue weighted by Gasteiger charge is -2.12. The summed E-state index contributed by atoms with van der Waals surface area (Å²) in [5.41, 5.74) is 0.743. The molecular formula is C15H19NO4. The van der Waals surface area contributed by atoms with Gasteiger partial charge >= 0.3 is 0 Å². The Hall–Kier alpha value is -1.88. The molecule has 1 saturated carbocycles. The molecule has 0 radical (unpaired) electrons. The van der Waals surface area contributed by atoms with Crippen LogP contribution < -0.4 is 19.5 Å². The van der Waals surface area contributed by atoms with Crippen LogP contribution in [0.3, 0.4) is 0 Å². The Morgan fingerprint density at radius 1 is 1.10 bits per heavy atom. The molecule has 0 saturated heterocycles. The van der Waals surface area contributed by atoms with Gasteiger partial charge in [-0.3, -0.25) is 0 Å². The third-order valence-corrected chi connectivity index (χ3v) is 3.52. The van der Waals surface area contributed by atoms with Gasteiger partial charge in [-0.1, -0.05) is 0 Å². The third-order valence-electron chi connectivity index (χ3n) is 3.52. The van der Waals surface area contributed by atoms with Gasteiger partial charge in [-0.05, 0) is 18.9 Å². The topological polar surface area (TPSA) is 52.9 Å². The van der Waals surface area contributed by atoms with Crippen molar-refractivity contribution in [1.82, 2.24) is 5.32 Å². The smallest absolute Gasteiger partial charge is 0.204 e. The quantitative estimate of drug-likeness (QED) is 0.879. The van der Waals surface area contributed by atoms with Crippen LogP contribution in [-0.4, -0.2) is 27.4 Å². The predicted molar refractivity (Wildman–Crippen MR) is 75.7 cm³/mol. The minimum atomic E-state index is 0.588. The van der Waals surface area contributed by atoms with E-state index in [1.54, 1.807) is 21.3 Å². The lowest BCUT2D eigenvalue weighted by atomic mass is 10.2. The molecule has 1 aromatic carbocycles. The van der Waals surface area contributed by atoms with Gasteiger partial charge in [-0.25, -0.2) is 0 Å². The largest absolute Gasteiger partial charge is 0.493 e. The van der Waals surface area contributed by atoms with Crippen LogP contribution in [0.25, 0.3) is 11.0 Å². The Morgan fingerprint density at radius 3 is 2.45 bits per heavy atom. The van der Waals surface area contributed by atoms with Gasteiger partial charge in [0, 0.05) is 12.1 Å². The second-order valence-electron chi connectivity index (χ2n) is 4.93. The number of furan rings is 1. The Kier molecular flexibility index (Phi) is 3.44. The van der Waals surface area contributed by atoms with Gasteiger partial charge in [-0.15, -0.1) is 0 Å². The molecule has 1 heterocycles. The SMILES string of the molecule is COc1cc2oc(CNC3CC3)cc2c(OC)c1OC. The highest BCUT2D eigenvalue weighted by molar-refractivity contribution is 5.90. The van der Waals surface area contributed by atoms with E-state index in [2.05, 4.69) is 5.32 Å². The second-order valence-corrected chi connectivity index (χ2v) is 4.93. The predicted octanol–water partition coefficient (Wildman–Crippen LogP) is 2.71. The first-order valence-corrected chi connectivity index (χ1v) is 6.71. The highest BCUT2D eigenvalue weighted by Gasteiger charge is 2.22. The maximum atomic E-state index is 5.85. The van der Waals surface area contributed by atoms with Crippen molar-refractivity contribution in [2.24, 2.45) is 0 Å². The number of hydrogen-bond acceptors (Lipinski definition) is 5. The fourth-order valence-corrected chi connectivity index (χ4v) is 2.33. The molecule has 0 atom stereocenters. The minimum Gasteiger partial charge on any atom is -0.493 e. The van der Waals surface area contributed by atoms with Crippen LogP contribution in [0.4, 0.5) is 0 Å². The van der Waals surface area contributed by atoms with E-state index in [0.29, 0.717) is 23.3 Å². The zero-order chi connectivity index (χ0) is 14.1. The molecule has 0 spiro atoms. The van der Waals surface area contributed by atoms with E-state index in [4.69, 9.17) is 18.6 Å². The number of rotatable bonds is 6. The Morgan fingerprint density at radius 2 is 1.85 bits per heavy atom. The molecule has 0 aliphatic heterocycles. The molecule has 0 unspecified atom stereocenters. The van der Waals surface area contributed by atoms with Crippen LogP contribution >= 0.6 is 0 Å². The normalized spacial score (nSPS) is 14.6. The molecule has 1 aromatic heterocycles. The van der Waals surface area contributed by atoms with Crippen LogP contribution in [0.1, 0.15) is 18.6 Å². The number of fused-ring (bicyclic) bond motifs is 1. The first kappa shape index (κ1) is 13.1. The van der Waals surface area contributed by atoms with Crippen molar-refractivity contribution in [1.29, 1.82) is 0 Å². The van der Waals surface area contributed by atoms with Crippen molar-refractivity contribution in [3.63, 3.8) is 0 Å². The molecule has 108 valence electrons. The van der Waals surface area contributed by atoms with Gasteiger partial charge in [0.1, 0.15) is 11.3 Å². The first-order chi connectivity index (χ1) is 9.76. The Balaban J connectivity index is 2.01. The van der Waals surface area contributed by atoms with Gasteiger partial charge in [0.05, 0.1) is 33.3 Å². The van der Waals surface area contributed by atoms with Crippen molar-refractivity contribution in [2.75, 3.05) is 21.3 Å². The van der Waals surface area contributed by atoms with Gasteiger partial charge in [-0.2, -0.15) is 0 Å². The summed E-state index contributed by atoms with van der Waals surface area (Å²) in [5, 5.41) is 4.33. The average Bonchev–Trinajstić information content (AvgIpc) is 3.21. The molecule has 0 bridgehead atoms. The maximum absolute atomic E-state index is 5.85. The van der Waals surface area contributed by atoms with Crippen LogP contribution in [0.15, 0.2) is 16.5 Å². The standard InChI is InChI=1S/C15H19NO4/c1-17-13-7-12-11(14(18-2)15(13)19-3)6-10(20-12)8-16-9-4-5-9/h6-7,9,16H,4-5,8H2,1-3H3. The van der Waals surface area contributed by atoms with Crippen molar-refractivity contribution < 1.29 is 18.6 Å². The fourth-order valence-electron chi connectivity index (χ4n) is 2.33. The summed E-state index contributed by atoms with van der Waals surface area (Å²) >= 11 is 0. The summed E-state index contributed by atoms with van der Waals surface area (Å²) in [5.74, 6) is 2.72. The summed E-state index contributed by atoms with van der Waals surface area (Å²) < 4.78 is 22.0. The molecule has 1 N–H and O–H groups in total. The monoisotopic (exact) mass is 277 g/mol. The zero-order valence-corrected chi connectivity index (χ0v) is 12.0. The van der Waals surface area contributed by atoms with E-state index < -0.39 is 0 Å². The van der Waals surface area contributed by atoms with Gasteiger partial charge in [0.15, 0.2) is 11.5 Å². The van der Waals surface area contributed by atoms with Crippen LogP contribution in [-0.2, 0) is 6.54 Å². The number of ether oxygens (including phenoxy) is 3. The van der Waals surface area contributed by atoms with E-state index >= 15 is 0 Å². The summed E-state index contributed by atoms with van der Waals surface area (Å²) in [4.78, 5) is 0. The van der Waals surface area contributed by atoms with E-state index in [9.17, 15) is 0 Å². The van der Waals surface area contributed by atoms with Gasteiger partial charge in [0.25, 0.3) is 0 Å². The highest BCUT2D eigenvalue weighted by Crippen LogP contribution is 2.44. The van der Waals surface area contributed by atoms with Crippen molar-refractivity contribution >= 4 is 11.0 Å². The fraction of sp³-hybridized carbons (Fsp3) is 0.467. The summed E-state index contributed by atoms with van der Waals surface area (Å²) in [6.07, 6.45) is 2.51. The van der Waals surface area contributed by atoms with E-state index in [-0.39, 0.29) is 0 Å². The first-order valence-electron chi connectivity index (χ1n) is 6.71. The summed E-state index contributed by atoms with van der Waals surface area (Å²) in [7, 11) is 4.81. The summed E-state index contributed by atoms with van der Waals surface area (Å²) in [6, 6.07) is 4.47. The Labute approximate surface area is 117 Å². The van der Waals surface area contributed by atoms with E-state index in [1.165, 1.54) is 12.8 Å². The van der Waals surface area contributed by atoms with Crippen molar-refractivity contribution in [2.45, 2.75) is 25.4 Å². The summed E-state index contributed by atoms with van der Waals surface area (Å²) in [6.45, 7) is 0.729.